The van der Waals surface area contributed by atoms with Gasteiger partial charge < -0.3 is 10.1 Å². The highest BCUT2D eigenvalue weighted by atomic mass is 32.1. The number of thiocarbonyl (C=S) groups is 1. The number of halogens is 1. The van der Waals surface area contributed by atoms with Crippen molar-refractivity contribution in [2.75, 3.05) is 11.9 Å². The van der Waals surface area contributed by atoms with Crippen LogP contribution in [-0.2, 0) is 0 Å². The fourth-order valence-electron chi connectivity index (χ4n) is 2.05. The minimum atomic E-state index is -0.361. The zero-order valence-electron chi connectivity index (χ0n) is 14.2. The number of hydrogen-bond donors (Lipinski definition) is 2. The lowest BCUT2D eigenvalue weighted by Crippen LogP contribution is -2.34. The van der Waals surface area contributed by atoms with Crippen LogP contribution in [0.3, 0.4) is 0 Å². The molecule has 25 heavy (non-hydrogen) atoms. The number of para-hydroxylation sites is 1. The van der Waals surface area contributed by atoms with Crippen LogP contribution in [0.5, 0.6) is 5.75 Å². The van der Waals surface area contributed by atoms with Crippen molar-refractivity contribution in [3.63, 3.8) is 0 Å². The summed E-state index contributed by atoms with van der Waals surface area (Å²) in [7, 11) is 0. The van der Waals surface area contributed by atoms with Crippen molar-refractivity contribution in [3.05, 3.63) is 59.9 Å². The molecule has 0 aliphatic carbocycles. The van der Waals surface area contributed by atoms with Crippen molar-refractivity contribution >= 4 is 28.9 Å². The molecule has 0 saturated heterocycles. The van der Waals surface area contributed by atoms with Crippen molar-refractivity contribution in [2.45, 2.75) is 20.3 Å². The topological polar surface area (TPSA) is 50.4 Å². The third-order valence-electron chi connectivity index (χ3n) is 3.41. The molecule has 4 nitrogen and oxygen atoms in total. The Bertz CT molecular complexity index is 732. The molecule has 1 amide bonds. The average Bonchev–Trinajstić information content (AvgIpc) is 2.57. The summed E-state index contributed by atoms with van der Waals surface area (Å²) in [4.78, 5) is 12.4. The van der Waals surface area contributed by atoms with Crippen molar-refractivity contribution in [2.24, 2.45) is 5.92 Å². The molecule has 132 valence electrons. The number of carbonyl (C=O) groups excluding carboxylic acids is 1. The van der Waals surface area contributed by atoms with Gasteiger partial charge in [0.1, 0.15) is 11.6 Å². The van der Waals surface area contributed by atoms with E-state index in [0.29, 0.717) is 29.5 Å². The smallest absolute Gasteiger partial charge is 0.261 e. The lowest BCUT2D eigenvalue weighted by atomic mass is 10.1. The molecule has 0 aliphatic heterocycles. The first-order valence-corrected chi connectivity index (χ1v) is 8.46. The van der Waals surface area contributed by atoms with Crippen LogP contribution in [0.4, 0.5) is 10.1 Å². The van der Waals surface area contributed by atoms with E-state index in [4.69, 9.17) is 17.0 Å². The van der Waals surface area contributed by atoms with Gasteiger partial charge in [-0.05, 0) is 61.0 Å². The second kappa shape index (κ2) is 9.13. The first-order valence-electron chi connectivity index (χ1n) is 8.05. The van der Waals surface area contributed by atoms with E-state index in [9.17, 15) is 9.18 Å². The molecule has 2 aromatic carbocycles. The van der Waals surface area contributed by atoms with E-state index in [1.54, 1.807) is 18.2 Å². The van der Waals surface area contributed by atoms with Crippen molar-refractivity contribution in [3.8, 4) is 5.75 Å². The van der Waals surface area contributed by atoms with E-state index in [1.807, 2.05) is 6.07 Å². The molecular formula is C19H21FN2O2S. The predicted molar refractivity (Wildman–Crippen MR) is 101 cm³/mol. The second-order valence-corrected chi connectivity index (χ2v) is 6.35. The number of ether oxygens (including phenoxy) is 1. The summed E-state index contributed by atoms with van der Waals surface area (Å²) in [6.45, 7) is 4.77. The van der Waals surface area contributed by atoms with E-state index in [1.165, 1.54) is 24.3 Å². The van der Waals surface area contributed by atoms with E-state index in [-0.39, 0.29) is 16.8 Å². The first-order chi connectivity index (χ1) is 12.0. The second-order valence-electron chi connectivity index (χ2n) is 5.94. The Morgan fingerprint density at radius 3 is 2.52 bits per heavy atom. The van der Waals surface area contributed by atoms with Crippen LogP contribution in [0.1, 0.15) is 30.6 Å². The standard InChI is InChI=1S/C19H21FN2O2S/c1-13(2)11-12-24-17-6-4-3-5-16(17)18(23)22-19(25)21-15-9-7-14(20)8-10-15/h3-10,13H,11-12H2,1-2H3,(H2,21,22,23,25). The largest absolute Gasteiger partial charge is 0.493 e. The van der Waals surface area contributed by atoms with E-state index >= 15 is 0 Å². The average molecular weight is 360 g/mol. The highest BCUT2D eigenvalue weighted by Crippen LogP contribution is 2.19. The number of hydrogen-bond acceptors (Lipinski definition) is 3. The van der Waals surface area contributed by atoms with E-state index in [0.717, 1.165) is 6.42 Å². The molecular weight excluding hydrogens is 339 g/mol. The van der Waals surface area contributed by atoms with Crippen LogP contribution >= 0.6 is 12.2 Å². The Morgan fingerprint density at radius 1 is 1.16 bits per heavy atom. The van der Waals surface area contributed by atoms with Crippen molar-refractivity contribution < 1.29 is 13.9 Å². The molecule has 0 spiro atoms. The molecule has 2 aromatic rings. The maximum atomic E-state index is 12.9. The van der Waals surface area contributed by atoms with Crippen molar-refractivity contribution in [1.29, 1.82) is 0 Å². The van der Waals surface area contributed by atoms with Gasteiger partial charge in [-0.25, -0.2) is 4.39 Å². The van der Waals surface area contributed by atoms with Crippen LogP contribution in [0.2, 0.25) is 0 Å². The summed E-state index contributed by atoms with van der Waals surface area (Å²) in [5.74, 6) is 0.339. The molecule has 0 aliphatic rings. The summed E-state index contributed by atoms with van der Waals surface area (Å²) in [5.41, 5.74) is 1.00. The number of carbonyl (C=O) groups is 1. The Morgan fingerprint density at radius 2 is 1.84 bits per heavy atom. The summed E-state index contributed by atoms with van der Waals surface area (Å²) >= 11 is 5.13. The van der Waals surface area contributed by atoms with Gasteiger partial charge in [0.25, 0.3) is 5.91 Å². The molecule has 0 heterocycles. The molecule has 2 rings (SSSR count). The zero-order chi connectivity index (χ0) is 18.2. The van der Waals surface area contributed by atoms with Crippen LogP contribution in [0.25, 0.3) is 0 Å². The van der Waals surface area contributed by atoms with Gasteiger partial charge in [0.2, 0.25) is 0 Å². The fourth-order valence-corrected chi connectivity index (χ4v) is 2.26. The molecule has 0 fully saturated rings. The number of rotatable bonds is 6. The molecule has 0 bridgehead atoms. The predicted octanol–water partition coefficient (Wildman–Crippen LogP) is 4.38. The van der Waals surface area contributed by atoms with Gasteiger partial charge >= 0.3 is 0 Å². The zero-order valence-corrected chi connectivity index (χ0v) is 15.0. The number of amides is 1. The maximum Gasteiger partial charge on any atom is 0.261 e. The van der Waals surface area contributed by atoms with Gasteiger partial charge in [0.05, 0.1) is 12.2 Å². The van der Waals surface area contributed by atoms with Crippen LogP contribution in [0.15, 0.2) is 48.5 Å². The Balaban J connectivity index is 1.97. The number of benzene rings is 2. The minimum Gasteiger partial charge on any atom is -0.493 e. The lowest BCUT2D eigenvalue weighted by molar-refractivity contribution is 0.0973. The quantitative estimate of drug-likeness (QED) is 0.751. The molecule has 0 unspecified atom stereocenters. The van der Waals surface area contributed by atoms with Gasteiger partial charge in [0, 0.05) is 5.69 Å². The Hall–Kier alpha value is -2.47. The first kappa shape index (κ1) is 18.9. The third kappa shape index (κ3) is 6.15. The number of anilines is 1. The van der Waals surface area contributed by atoms with Crippen molar-refractivity contribution in [1.82, 2.24) is 5.32 Å². The van der Waals surface area contributed by atoms with Crippen LogP contribution < -0.4 is 15.4 Å². The van der Waals surface area contributed by atoms with Gasteiger partial charge in [-0.1, -0.05) is 26.0 Å². The summed E-state index contributed by atoms with van der Waals surface area (Å²) in [6.07, 6.45) is 0.903. The lowest BCUT2D eigenvalue weighted by Gasteiger charge is -2.13. The van der Waals surface area contributed by atoms with E-state index < -0.39 is 0 Å². The van der Waals surface area contributed by atoms with Gasteiger partial charge in [-0.3, -0.25) is 10.1 Å². The molecule has 2 N–H and O–H groups in total. The SMILES string of the molecule is CC(C)CCOc1ccccc1C(=O)NC(=S)Nc1ccc(F)cc1. The minimum absolute atomic E-state index is 0.133. The monoisotopic (exact) mass is 360 g/mol. The van der Waals surface area contributed by atoms with E-state index in [2.05, 4.69) is 24.5 Å². The van der Waals surface area contributed by atoms with Crippen LogP contribution in [0, 0.1) is 11.7 Å². The highest BCUT2D eigenvalue weighted by Gasteiger charge is 2.13. The Labute approximate surface area is 152 Å². The van der Waals surface area contributed by atoms with Gasteiger partial charge in [0.15, 0.2) is 5.11 Å². The highest BCUT2D eigenvalue weighted by molar-refractivity contribution is 7.80. The molecule has 0 atom stereocenters. The summed E-state index contributed by atoms with van der Waals surface area (Å²) in [6, 6.07) is 12.7. The van der Waals surface area contributed by atoms with Gasteiger partial charge in [-0.2, -0.15) is 0 Å². The third-order valence-corrected chi connectivity index (χ3v) is 3.62. The molecule has 6 heteroatoms. The summed E-state index contributed by atoms with van der Waals surface area (Å²) < 4.78 is 18.6. The normalized spacial score (nSPS) is 10.4. The molecule has 0 saturated carbocycles. The number of nitrogens with one attached hydrogen (secondary N) is 2. The fraction of sp³-hybridized carbons (Fsp3) is 0.263. The Kier molecular flexibility index (Phi) is 6.89. The van der Waals surface area contributed by atoms with Crippen LogP contribution in [-0.4, -0.2) is 17.6 Å². The molecule has 0 radical (unpaired) electrons. The summed E-state index contributed by atoms with van der Waals surface area (Å²) in [5, 5.41) is 5.58. The van der Waals surface area contributed by atoms with Gasteiger partial charge in [-0.15, -0.1) is 0 Å². The molecule has 0 aromatic heterocycles. The maximum absolute atomic E-state index is 12.9.